The SMILES string of the molecule is Cn1ccnc1C/C(=N\O)c1ccccc1. The summed E-state index contributed by atoms with van der Waals surface area (Å²) in [5, 5.41) is 12.4. The quantitative estimate of drug-likeness (QED) is 0.482. The predicted molar refractivity (Wildman–Crippen MR) is 61.7 cm³/mol. The number of rotatable bonds is 3. The highest BCUT2D eigenvalue weighted by atomic mass is 16.4. The average Bonchev–Trinajstić information content (AvgIpc) is 2.73. The Morgan fingerprint density at radius 1 is 1.38 bits per heavy atom. The van der Waals surface area contributed by atoms with E-state index < -0.39 is 0 Å². The minimum atomic E-state index is 0.518. The fourth-order valence-corrected chi connectivity index (χ4v) is 1.54. The fraction of sp³-hybridized carbons (Fsp3) is 0.167. The molecular weight excluding hydrogens is 202 g/mol. The monoisotopic (exact) mass is 215 g/mol. The van der Waals surface area contributed by atoms with Crippen molar-refractivity contribution in [2.45, 2.75) is 6.42 Å². The van der Waals surface area contributed by atoms with Crippen molar-refractivity contribution in [2.75, 3.05) is 0 Å². The van der Waals surface area contributed by atoms with E-state index in [-0.39, 0.29) is 0 Å². The van der Waals surface area contributed by atoms with Crippen molar-refractivity contribution in [1.29, 1.82) is 0 Å². The van der Waals surface area contributed by atoms with Crippen LogP contribution >= 0.6 is 0 Å². The van der Waals surface area contributed by atoms with Crippen molar-refractivity contribution in [1.82, 2.24) is 9.55 Å². The van der Waals surface area contributed by atoms with Gasteiger partial charge in [0.25, 0.3) is 0 Å². The van der Waals surface area contributed by atoms with Gasteiger partial charge in [-0.3, -0.25) is 0 Å². The molecule has 1 aromatic heterocycles. The molecule has 0 bridgehead atoms. The largest absolute Gasteiger partial charge is 0.411 e. The molecule has 0 fully saturated rings. The van der Waals surface area contributed by atoms with Crippen LogP contribution in [-0.4, -0.2) is 20.5 Å². The number of oxime groups is 1. The molecule has 82 valence electrons. The second kappa shape index (κ2) is 4.61. The van der Waals surface area contributed by atoms with Gasteiger partial charge in [-0.05, 0) is 5.56 Å². The van der Waals surface area contributed by atoms with E-state index in [4.69, 9.17) is 5.21 Å². The van der Waals surface area contributed by atoms with Crippen molar-refractivity contribution < 1.29 is 5.21 Å². The number of hydrogen-bond donors (Lipinski definition) is 1. The topological polar surface area (TPSA) is 50.4 Å². The van der Waals surface area contributed by atoms with Gasteiger partial charge >= 0.3 is 0 Å². The Labute approximate surface area is 93.9 Å². The summed E-state index contributed by atoms with van der Waals surface area (Å²) < 4.78 is 1.91. The van der Waals surface area contributed by atoms with E-state index in [0.717, 1.165) is 11.4 Å². The van der Waals surface area contributed by atoms with Crippen LogP contribution in [-0.2, 0) is 13.5 Å². The van der Waals surface area contributed by atoms with E-state index in [0.29, 0.717) is 12.1 Å². The van der Waals surface area contributed by atoms with Crippen LogP contribution in [0.4, 0.5) is 0 Å². The summed E-state index contributed by atoms with van der Waals surface area (Å²) in [6.07, 6.45) is 4.12. The molecule has 4 heteroatoms. The maximum absolute atomic E-state index is 9.02. The van der Waals surface area contributed by atoms with Crippen molar-refractivity contribution in [3.05, 3.63) is 54.1 Å². The van der Waals surface area contributed by atoms with Crippen molar-refractivity contribution >= 4 is 5.71 Å². The van der Waals surface area contributed by atoms with Crippen molar-refractivity contribution in [3.8, 4) is 0 Å². The van der Waals surface area contributed by atoms with Crippen molar-refractivity contribution in [2.24, 2.45) is 12.2 Å². The molecule has 0 radical (unpaired) electrons. The Balaban J connectivity index is 2.24. The zero-order valence-corrected chi connectivity index (χ0v) is 9.04. The zero-order valence-electron chi connectivity index (χ0n) is 9.04. The number of nitrogens with zero attached hydrogens (tertiary/aromatic N) is 3. The van der Waals surface area contributed by atoms with Gasteiger partial charge in [-0.25, -0.2) is 4.98 Å². The van der Waals surface area contributed by atoms with E-state index in [2.05, 4.69) is 10.1 Å². The lowest BCUT2D eigenvalue weighted by Gasteiger charge is -2.04. The molecule has 0 unspecified atom stereocenters. The number of benzene rings is 1. The van der Waals surface area contributed by atoms with Gasteiger partial charge in [-0.2, -0.15) is 0 Å². The first-order chi connectivity index (χ1) is 7.81. The van der Waals surface area contributed by atoms with Crippen molar-refractivity contribution in [3.63, 3.8) is 0 Å². The first kappa shape index (κ1) is 10.4. The van der Waals surface area contributed by atoms with E-state index in [1.807, 2.05) is 48.1 Å². The second-order valence-corrected chi connectivity index (χ2v) is 3.54. The molecule has 0 saturated carbocycles. The Kier molecular flexibility index (Phi) is 3.00. The highest BCUT2D eigenvalue weighted by molar-refractivity contribution is 6.01. The molecular formula is C12H13N3O. The summed E-state index contributed by atoms with van der Waals surface area (Å²) in [5.74, 6) is 0.872. The average molecular weight is 215 g/mol. The number of aryl methyl sites for hydroxylation is 1. The molecule has 2 rings (SSSR count). The summed E-state index contributed by atoms with van der Waals surface area (Å²) in [5.41, 5.74) is 1.53. The van der Waals surface area contributed by atoms with Gasteiger partial charge in [0.15, 0.2) is 0 Å². The third-order valence-electron chi connectivity index (χ3n) is 2.47. The third kappa shape index (κ3) is 2.11. The molecule has 0 saturated heterocycles. The van der Waals surface area contributed by atoms with E-state index in [1.54, 1.807) is 6.20 Å². The minimum Gasteiger partial charge on any atom is -0.411 e. The van der Waals surface area contributed by atoms with Crippen LogP contribution in [0.15, 0.2) is 47.9 Å². The molecule has 1 heterocycles. The molecule has 2 aromatic rings. The van der Waals surface area contributed by atoms with Gasteiger partial charge in [0, 0.05) is 19.4 Å². The Morgan fingerprint density at radius 2 is 2.12 bits per heavy atom. The van der Waals surface area contributed by atoms with Crippen LogP contribution in [0, 0.1) is 0 Å². The molecule has 1 aromatic carbocycles. The fourth-order valence-electron chi connectivity index (χ4n) is 1.54. The zero-order chi connectivity index (χ0) is 11.4. The lowest BCUT2D eigenvalue weighted by atomic mass is 10.1. The number of hydrogen-bond acceptors (Lipinski definition) is 3. The summed E-state index contributed by atoms with van der Waals surface area (Å²) in [6.45, 7) is 0. The molecule has 0 amide bonds. The van der Waals surface area contributed by atoms with Crippen LogP contribution in [0.3, 0.4) is 0 Å². The van der Waals surface area contributed by atoms with Crippen LogP contribution in [0.25, 0.3) is 0 Å². The van der Waals surface area contributed by atoms with Crippen LogP contribution < -0.4 is 0 Å². The minimum absolute atomic E-state index is 0.518. The molecule has 0 aliphatic heterocycles. The maximum atomic E-state index is 9.02. The first-order valence-electron chi connectivity index (χ1n) is 5.04. The van der Waals surface area contributed by atoms with E-state index >= 15 is 0 Å². The van der Waals surface area contributed by atoms with Gasteiger partial charge in [0.05, 0.1) is 12.1 Å². The normalized spacial score (nSPS) is 11.7. The van der Waals surface area contributed by atoms with Crippen LogP contribution in [0.1, 0.15) is 11.4 Å². The first-order valence-corrected chi connectivity index (χ1v) is 5.04. The summed E-state index contributed by atoms with van der Waals surface area (Å²) >= 11 is 0. The molecule has 16 heavy (non-hydrogen) atoms. The molecule has 1 N–H and O–H groups in total. The number of imidazole rings is 1. The highest BCUT2D eigenvalue weighted by Gasteiger charge is 2.08. The standard InChI is InChI=1S/C12H13N3O/c1-15-8-7-13-12(15)9-11(14-16)10-5-3-2-4-6-10/h2-8,16H,9H2,1H3/b14-11+. The molecule has 0 atom stereocenters. The Morgan fingerprint density at radius 3 is 2.69 bits per heavy atom. The smallest absolute Gasteiger partial charge is 0.114 e. The third-order valence-corrected chi connectivity index (χ3v) is 2.47. The summed E-state index contributed by atoms with van der Waals surface area (Å²) in [7, 11) is 1.92. The summed E-state index contributed by atoms with van der Waals surface area (Å²) in [6, 6.07) is 9.59. The van der Waals surface area contributed by atoms with E-state index in [1.165, 1.54) is 0 Å². The molecule has 0 spiro atoms. The van der Waals surface area contributed by atoms with Gasteiger partial charge in [-0.15, -0.1) is 0 Å². The second-order valence-electron chi connectivity index (χ2n) is 3.54. The molecule has 0 aliphatic carbocycles. The lowest BCUT2D eigenvalue weighted by Crippen LogP contribution is -2.09. The van der Waals surface area contributed by atoms with Gasteiger partial charge < -0.3 is 9.77 Å². The van der Waals surface area contributed by atoms with Gasteiger partial charge in [0.1, 0.15) is 5.82 Å². The van der Waals surface area contributed by atoms with Gasteiger partial charge in [-0.1, -0.05) is 35.5 Å². The highest BCUT2D eigenvalue weighted by Crippen LogP contribution is 2.06. The van der Waals surface area contributed by atoms with Crippen LogP contribution in [0.2, 0.25) is 0 Å². The Bertz CT molecular complexity index is 488. The molecule has 0 aliphatic rings. The van der Waals surface area contributed by atoms with Crippen LogP contribution in [0.5, 0.6) is 0 Å². The Hall–Kier alpha value is -2.10. The lowest BCUT2D eigenvalue weighted by molar-refractivity contribution is 0.318. The number of aromatic nitrogens is 2. The predicted octanol–water partition coefficient (Wildman–Crippen LogP) is 1.84. The van der Waals surface area contributed by atoms with Gasteiger partial charge in [0.2, 0.25) is 0 Å². The van der Waals surface area contributed by atoms with E-state index in [9.17, 15) is 0 Å². The maximum Gasteiger partial charge on any atom is 0.114 e. The molecule has 4 nitrogen and oxygen atoms in total. The summed E-state index contributed by atoms with van der Waals surface area (Å²) in [4.78, 5) is 4.20.